The van der Waals surface area contributed by atoms with Crippen LogP contribution in [0.15, 0.2) is 59.1 Å². The molecule has 0 saturated carbocycles. The Balaban J connectivity index is 1.77. The van der Waals surface area contributed by atoms with Crippen LogP contribution in [0.25, 0.3) is 11.3 Å². The molecule has 2 aromatic carbocycles. The van der Waals surface area contributed by atoms with E-state index >= 15 is 0 Å². The van der Waals surface area contributed by atoms with Crippen molar-refractivity contribution in [3.05, 3.63) is 65.9 Å². The van der Waals surface area contributed by atoms with Crippen LogP contribution in [0.2, 0.25) is 0 Å². The number of esters is 1. The summed E-state index contributed by atoms with van der Waals surface area (Å²) in [7, 11) is 3.15. The van der Waals surface area contributed by atoms with Gasteiger partial charge in [-0.25, -0.2) is 0 Å². The van der Waals surface area contributed by atoms with E-state index in [1.807, 2.05) is 12.1 Å². The maximum absolute atomic E-state index is 12.8. The van der Waals surface area contributed by atoms with E-state index in [-0.39, 0.29) is 18.8 Å². The average Bonchev–Trinajstić information content (AvgIpc) is 3.29. The van der Waals surface area contributed by atoms with E-state index in [1.165, 1.54) is 0 Å². The van der Waals surface area contributed by atoms with Gasteiger partial charge in [0, 0.05) is 11.6 Å². The second kappa shape index (κ2) is 10.3. The van der Waals surface area contributed by atoms with Crippen molar-refractivity contribution in [2.24, 2.45) is 0 Å². The summed E-state index contributed by atoms with van der Waals surface area (Å²) >= 11 is 0. The Bertz CT molecular complexity index is 1010. The van der Waals surface area contributed by atoms with E-state index < -0.39 is 17.9 Å². The van der Waals surface area contributed by atoms with Crippen LogP contribution in [-0.4, -0.2) is 37.9 Å². The lowest BCUT2D eigenvalue weighted by Crippen LogP contribution is -2.30. The van der Waals surface area contributed by atoms with E-state index in [0.717, 1.165) is 11.1 Å². The normalized spacial score (nSPS) is 11.5. The van der Waals surface area contributed by atoms with Gasteiger partial charge in [0.2, 0.25) is 5.76 Å². The summed E-state index contributed by atoms with van der Waals surface area (Å²) in [5, 5.41) is 6.80. The third-order valence-corrected chi connectivity index (χ3v) is 4.62. The van der Waals surface area contributed by atoms with Crippen molar-refractivity contribution in [3.8, 4) is 22.8 Å². The number of carbonyl (C=O) groups excluding carboxylic acids is 2. The topological polar surface area (TPSA) is 99.9 Å². The monoisotopic (exact) mass is 424 g/mol. The molecular formula is C23H24N2O6. The maximum atomic E-state index is 12.8. The highest BCUT2D eigenvalue weighted by molar-refractivity contribution is 5.93. The lowest BCUT2D eigenvalue weighted by atomic mass is 10.0. The SMILES string of the molecule is CCOC(=O)C[C@H](NC(=O)c1cc(-c2ccc(OC)cc2)no1)c1ccc(OC)cc1. The number of amides is 1. The third kappa shape index (κ3) is 5.63. The smallest absolute Gasteiger partial charge is 0.308 e. The summed E-state index contributed by atoms with van der Waals surface area (Å²) in [6, 6.07) is 15.3. The number of hydrogen-bond acceptors (Lipinski definition) is 7. The van der Waals surface area contributed by atoms with E-state index in [9.17, 15) is 9.59 Å². The first-order valence-electron chi connectivity index (χ1n) is 9.75. The first-order valence-corrected chi connectivity index (χ1v) is 9.75. The predicted molar refractivity (Wildman–Crippen MR) is 113 cm³/mol. The number of benzene rings is 2. The molecule has 0 unspecified atom stereocenters. The Morgan fingerprint density at radius 2 is 1.61 bits per heavy atom. The fourth-order valence-corrected chi connectivity index (χ4v) is 2.98. The average molecular weight is 424 g/mol. The van der Waals surface area contributed by atoms with Crippen LogP contribution in [-0.2, 0) is 9.53 Å². The zero-order valence-corrected chi connectivity index (χ0v) is 17.6. The van der Waals surface area contributed by atoms with E-state index in [4.69, 9.17) is 18.7 Å². The predicted octanol–water partition coefficient (Wildman–Crippen LogP) is 3.78. The van der Waals surface area contributed by atoms with Crippen LogP contribution in [0.1, 0.15) is 35.5 Å². The van der Waals surface area contributed by atoms with Gasteiger partial charge >= 0.3 is 5.97 Å². The molecule has 8 nitrogen and oxygen atoms in total. The van der Waals surface area contributed by atoms with E-state index in [0.29, 0.717) is 17.2 Å². The molecule has 1 aromatic heterocycles. The van der Waals surface area contributed by atoms with Gasteiger partial charge < -0.3 is 24.1 Å². The number of methoxy groups -OCH3 is 2. The molecule has 1 heterocycles. The molecule has 0 spiro atoms. The van der Waals surface area contributed by atoms with Crippen LogP contribution in [0.5, 0.6) is 11.5 Å². The minimum absolute atomic E-state index is 0.0224. The van der Waals surface area contributed by atoms with Gasteiger partial charge in [-0.15, -0.1) is 0 Å². The molecule has 162 valence electrons. The van der Waals surface area contributed by atoms with Crippen molar-refractivity contribution in [1.29, 1.82) is 0 Å². The quantitative estimate of drug-likeness (QED) is 0.522. The Morgan fingerprint density at radius 3 is 2.19 bits per heavy atom. The molecule has 1 atom stereocenters. The molecule has 1 N–H and O–H groups in total. The Labute approximate surface area is 180 Å². The molecular weight excluding hydrogens is 400 g/mol. The summed E-state index contributed by atoms with van der Waals surface area (Å²) < 4.78 is 20.6. The zero-order chi connectivity index (χ0) is 22.2. The minimum Gasteiger partial charge on any atom is -0.497 e. The summed E-state index contributed by atoms with van der Waals surface area (Å²) in [6.45, 7) is 1.99. The second-order valence-corrected chi connectivity index (χ2v) is 6.61. The molecule has 0 aliphatic carbocycles. The number of nitrogens with zero attached hydrogens (tertiary/aromatic N) is 1. The van der Waals surface area contributed by atoms with E-state index in [1.54, 1.807) is 63.6 Å². The Hall–Kier alpha value is -3.81. The van der Waals surface area contributed by atoms with Crippen molar-refractivity contribution in [1.82, 2.24) is 10.5 Å². The summed E-state index contributed by atoms with van der Waals surface area (Å²) in [5.74, 6) is 0.515. The van der Waals surface area contributed by atoms with Crippen molar-refractivity contribution in [3.63, 3.8) is 0 Å². The molecule has 0 aliphatic rings. The highest BCUT2D eigenvalue weighted by atomic mass is 16.5. The number of hydrogen-bond donors (Lipinski definition) is 1. The lowest BCUT2D eigenvalue weighted by Gasteiger charge is -2.18. The first kappa shape index (κ1) is 21.9. The molecule has 3 rings (SSSR count). The molecule has 31 heavy (non-hydrogen) atoms. The van der Waals surface area contributed by atoms with Crippen molar-refractivity contribution in [2.75, 3.05) is 20.8 Å². The summed E-state index contributed by atoms with van der Waals surface area (Å²) in [5.41, 5.74) is 2.03. The molecule has 3 aromatic rings. The van der Waals surface area contributed by atoms with Crippen molar-refractivity contribution < 1.29 is 28.3 Å². The molecule has 1 amide bonds. The van der Waals surface area contributed by atoms with Crippen LogP contribution in [0.4, 0.5) is 0 Å². The van der Waals surface area contributed by atoms with E-state index in [2.05, 4.69) is 10.5 Å². The molecule has 0 saturated heterocycles. The molecule has 0 fully saturated rings. The molecule has 0 aliphatic heterocycles. The molecule has 8 heteroatoms. The van der Waals surface area contributed by atoms with Crippen LogP contribution >= 0.6 is 0 Å². The largest absolute Gasteiger partial charge is 0.497 e. The first-order chi connectivity index (χ1) is 15.0. The van der Waals surface area contributed by atoms with Gasteiger partial charge in [0.25, 0.3) is 5.91 Å². The van der Waals surface area contributed by atoms with Gasteiger partial charge in [-0.3, -0.25) is 9.59 Å². The fourth-order valence-electron chi connectivity index (χ4n) is 2.98. The van der Waals surface area contributed by atoms with Crippen LogP contribution < -0.4 is 14.8 Å². The van der Waals surface area contributed by atoms with Crippen molar-refractivity contribution >= 4 is 11.9 Å². The summed E-state index contributed by atoms with van der Waals surface area (Å²) in [4.78, 5) is 24.9. The highest BCUT2D eigenvalue weighted by Crippen LogP contribution is 2.24. The second-order valence-electron chi connectivity index (χ2n) is 6.61. The third-order valence-electron chi connectivity index (χ3n) is 4.62. The van der Waals surface area contributed by atoms with Gasteiger partial charge in [0.05, 0.1) is 33.3 Å². The lowest BCUT2D eigenvalue weighted by molar-refractivity contribution is -0.143. The minimum atomic E-state index is -0.605. The van der Waals surface area contributed by atoms with Gasteiger partial charge in [-0.2, -0.15) is 0 Å². The van der Waals surface area contributed by atoms with Gasteiger partial charge in [0.1, 0.15) is 17.2 Å². The van der Waals surface area contributed by atoms with Crippen LogP contribution in [0.3, 0.4) is 0 Å². The number of aromatic nitrogens is 1. The standard InChI is InChI=1S/C23H24N2O6/c1-4-30-22(26)14-19(15-5-9-17(28-2)10-6-15)24-23(27)21-13-20(25-31-21)16-7-11-18(29-3)12-8-16/h5-13,19H,4,14H2,1-3H3,(H,24,27)/t19-/m0/s1. The summed E-state index contributed by atoms with van der Waals surface area (Å²) in [6.07, 6.45) is -0.0224. The van der Waals surface area contributed by atoms with Gasteiger partial charge in [-0.05, 0) is 48.9 Å². The number of carbonyl (C=O) groups is 2. The molecule has 0 bridgehead atoms. The maximum Gasteiger partial charge on any atom is 0.308 e. The van der Waals surface area contributed by atoms with Gasteiger partial charge in [0.15, 0.2) is 0 Å². The number of ether oxygens (including phenoxy) is 3. The Kier molecular flexibility index (Phi) is 7.26. The van der Waals surface area contributed by atoms with Crippen LogP contribution in [0, 0.1) is 0 Å². The highest BCUT2D eigenvalue weighted by Gasteiger charge is 2.22. The number of nitrogens with one attached hydrogen (secondary N) is 1. The number of rotatable bonds is 9. The zero-order valence-electron chi connectivity index (χ0n) is 17.6. The molecule has 0 radical (unpaired) electrons. The van der Waals surface area contributed by atoms with Crippen molar-refractivity contribution in [2.45, 2.75) is 19.4 Å². The van der Waals surface area contributed by atoms with Gasteiger partial charge in [-0.1, -0.05) is 17.3 Å². The Morgan fingerprint density at radius 1 is 1.00 bits per heavy atom. The fraction of sp³-hybridized carbons (Fsp3) is 0.261.